The maximum atomic E-state index is 2.28. The highest BCUT2D eigenvalue weighted by atomic mass is 32.2. The van der Waals surface area contributed by atoms with Crippen molar-refractivity contribution >= 4 is 11.8 Å². The van der Waals surface area contributed by atoms with Crippen LogP contribution in [0.25, 0.3) is 0 Å². The molecule has 0 nitrogen and oxygen atoms in total. The first-order valence-corrected chi connectivity index (χ1v) is 7.15. The molecule has 0 unspecified atom stereocenters. The molecule has 80 valence electrons. The molecule has 0 N–H and O–H groups in total. The lowest BCUT2D eigenvalue weighted by Crippen LogP contribution is -1.84. The van der Waals surface area contributed by atoms with E-state index in [9.17, 15) is 0 Å². The van der Waals surface area contributed by atoms with E-state index in [0.717, 1.165) is 0 Å². The summed E-state index contributed by atoms with van der Waals surface area (Å²) in [5.74, 6) is 2.78. The van der Waals surface area contributed by atoms with Crippen LogP contribution in [0.1, 0.15) is 65.2 Å². The van der Waals surface area contributed by atoms with Gasteiger partial charge in [0.2, 0.25) is 0 Å². The topological polar surface area (TPSA) is 0 Å². The smallest absolute Gasteiger partial charge is 0.00675 e. The largest absolute Gasteiger partial charge is 0.162 e. The van der Waals surface area contributed by atoms with Gasteiger partial charge in [-0.25, -0.2) is 0 Å². The molecule has 0 aliphatic heterocycles. The van der Waals surface area contributed by atoms with E-state index < -0.39 is 0 Å². The van der Waals surface area contributed by atoms with Gasteiger partial charge >= 0.3 is 0 Å². The molecule has 0 saturated carbocycles. The van der Waals surface area contributed by atoms with Crippen LogP contribution in [0, 0.1) is 0 Å². The third-order valence-electron chi connectivity index (χ3n) is 2.28. The Kier molecular flexibility index (Phi) is 12.7. The second kappa shape index (κ2) is 12.3. The Morgan fingerprint density at radius 1 is 0.615 bits per heavy atom. The molecule has 0 rings (SSSR count). The van der Waals surface area contributed by atoms with E-state index in [4.69, 9.17) is 0 Å². The van der Waals surface area contributed by atoms with Crippen LogP contribution >= 0.6 is 11.8 Å². The fourth-order valence-corrected chi connectivity index (χ4v) is 2.44. The fourth-order valence-electron chi connectivity index (χ4n) is 1.33. The standard InChI is InChI=1S/C12H26S/c1-3-5-7-8-9-10-12-13-11-6-4-2/h3-12H2,1-2H3. The molecule has 0 fully saturated rings. The van der Waals surface area contributed by atoms with Gasteiger partial charge in [-0.05, 0) is 24.3 Å². The molecule has 0 aromatic carbocycles. The monoisotopic (exact) mass is 202 g/mol. The molecule has 0 amide bonds. The van der Waals surface area contributed by atoms with Gasteiger partial charge in [-0.1, -0.05) is 52.4 Å². The molecule has 0 bridgehead atoms. The third-order valence-corrected chi connectivity index (χ3v) is 3.44. The zero-order valence-electron chi connectivity index (χ0n) is 9.48. The Labute approximate surface area is 88.9 Å². The lowest BCUT2D eigenvalue weighted by molar-refractivity contribution is 0.627. The van der Waals surface area contributed by atoms with Gasteiger partial charge in [-0.3, -0.25) is 0 Å². The highest BCUT2D eigenvalue weighted by Gasteiger charge is 1.90. The normalized spacial score (nSPS) is 10.6. The number of thioether (sulfide) groups is 1. The third kappa shape index (κ3) is 12.4. The summed E-state index contributed by atoms with van der Waals surface area (Å²) in [6, 6.07) is 0. The van der Waals surface area contributed by atoms with Crippen molar-refractivity contribution in [3.63, 3.8) is 0 Å². The van der Waals surface area contributed by atoms with E-state index in [2.05, 4.69) is 25.6 Å². The molecule has 0 aromatic heterocycles. The van der Waals surface area contributed by atoms with Crippen molar-refractivity contribution in [2.24, 2.45) is 0 Å². The van der Waals surface area contributed by atoms with Crippen LogP contribution < -0.4 is 0 Å². The first-order valence-electron chi connectivity index (χ1n) is 5.99. The van der Waals surface area contributed by atoms with Crippen LogP contribution in [-0.4, -0.2) is 11.5 Å². The Balaban J connectivity index is 2.76. The highest BCUT2D eigenvalue weighted by Crippen LogP contribution is 2.10. The van der Waals surface area contributed by atoms with Crippen LogP contribution in [0.15, 0.2) is 0 Å². The highest BCUT2D eigenvalue weighted by molar-refractivity contribution is 7.99. The summed E-state index contributed by atoms with van der Waals surface area (Å²) in [5, 5.41) is 0. The van der Waals surface area contributed by atoms with Gasteiger partial charge in [0.15, 0.2) is 0 Å². The predicted molar refractivity (Wildman–Crippen MR) is 65.6 cm³/mol. The Bertz CT molecular complexity index is 71.2. The summed E-state index contributed by atoms with van der Waals surface area (Å²) in [5.41, 5.74) is 0. The van der Waals surface area contributed by atoms with Crippen molar-refractivity contribution in [2.45, 2.75) is 65.2 Å². The second-order valence-electron chi connectivity index (χ2n) is 3.73. The SMILES string of the molecule is CCCCCCCCSCCCC. The molecular formula is C12H26S. The number of rotatable bonds is 10. The van der Waals surface area contributed by atoms with Gasteiger partial charge in [0.1, 0.15) is 0 Å². The van der Waals surface area contributed by atoms with Crippen LogP contribution in [0.5, 0.6) is 0 Å². The van der Waals surface area contributed by atoms with Gasteiger partial charge in [0, 0.05) is 0 Å². The van der Waals surface area contributed by atoms with E-state index in [1.54, 1.807) is 0 Å². The van der Waals surface area contributed by atoms with E-state index in [1.165, 1.54) is 62.9 Å². The number of unbranched alkanes of at least 4 members (excludes halogenated alkanes) is 6. The average molecular weight is 202 g/mol. The molecule has 0 aliphatic rings. The van der Waals surface area contributed by atoms with Crippen molar-refractivity contribution in [3.8, 4) is 0 Å². The summed E-state index contributed by atoms with van der Waals surface area (Å²) < 4.78 is 0. The van der Waals surface area contributed by atoms with Gasteiger partial charge < -0.3 is 0 Å². The molecule has 0 saturated heterocycles. The summed E-state index contributed by atoms with van der Waals surface area (Å²) in [6.45, 7) is 4.55. The molecule has 0 radical (unpaired) electrons. The molecular weight excluding hydrogens is 176 g/mol. The maximum Gasteiger partial charge on any atom is -0.00675 e. The number of hydrogen-bond donors (Lipinski definition) is 0. The minimum atomic E-state index is 1.35. The molecule has 0 heterocycles. The summed E-state index contributed by atoms with van der Waals surface area (Å²) >= 11 is 2.14. The average Bonchev–Trinajstić information content (AvgIpc) is 2.16. The van der Waals surface area contributed by atoms with Crippen molar-refractivity contribution in [3.05, 3.63) is 0 Å². The molecule has 13 heavy (non-hydrogen) atoms. The zero-order chi connectivity index (χ0) is 9.78. The molecule has 0 atom stereocenters. The summed E-state index contributed by atoms with van der Waals surface area (Å²) in [6.07, 6.45) is 11.4. The predicted octanol–water partition coefficient (Wildman–Crippen LogP) is 4.88. The second-order valence-corrected chi connectivity index (χ2v) is 4.96. The fraction of sp³-hybridized carbons (Fsp3) is 1.00. The van der Waals surface area contributed by atoms with E-state index in [1.807, 2.05) is 0 Å². The first kappa shape index (κ1) is 13.4. The van der Waals surface area contributed by atoms with Crippen LogP contribution in [0.3, 0.4) is 0 Å². The molecule has 1 heteroatoms. The Morgan fingerprint density at radius 2 is 1.15 bits per heavy atom. The molecule has 0 aromatic rings. The molecule has 0 aliphatic carbocycles. The van der Waals surface area contributed by atoms with Crippen molar-refractivity contribution in [2.75, 3.05) is 11.5 Å². The minimum Gasteiger partial charge on any atom is -0.162 e. The van der Waals surface area contributed by atoms with Crippen LogP contribution in [0.2, 0.25) is 0 Å². The minimum absolute atomic E-state index is 1.35. The Morgan fingerprint density at radius 3 is 1.85 bits per heavy atom. The molecule has 0 spiro atoms. The zero-order valence-corrected chi connectivity index (χ0v) is 10.3. The van der Waals surface area contributed by atoms with E-state index >= 15 is 0 Å². The van der Waals surface area contributed by atoms with Gasteiger partial charge in [-0.15, -0.1) is 0 Å². The van der Waals surface area contributed by atoms with Gasteiger partial charge in [0.25, 0.3) is 0 Å². The maximum absolute atomic E-state index is 2.28. The van der Waals surface area contributed by atoms with Crippen molar-refractivity contribution in [1.29, 1.82) is 0 Å². The van der Waals surface area contributed by atoms with E-state index in [-0.39, 0.29) is 0 Å². The summed E-state index contributed by atoms with van der Waals surface area (Å²) in [7, 11) is 0. The Hall–Kier alpha value is 0.350. The van der Waals surface area contributed by atoms with Crippen molar-refractivity contribution < 1.29 is 0 Å². The van der Waals surface area contributed by atoms with Gasteiger partial charge in [0.05, 0.1) is 0 Å². The van der Waals surface area contributed by atoms with Crippen molar-refractivity contribution in [1.82, 2.24) is 0 Å². The summed E-state index contributed by atoms with van der Waals surface area (Å²) in [4.78, 5) is 0. The van der Waals surface area contributed by atoms with Crippen LogP contribution in [0.4, 0.5) is 0 Å². The lowest BCUT2D eigenvalue weighted by Gasteiger charge is -2.00. The van der Waals surface area contributed by atoms with Gasteiger partial charge in [-0.2, -0.15) is 11.8 Å². The lowest BCUT2D eigenvalue weighted by atomic mass is 10.1. The quantitative estimate of drug-likeness (QED) is 0.455. The first-order chi connectivity index (χ1) is 6.41. The van der Waals surface area contributed by atoms with E-state index in [0.29, 0.717) is 0 Å². The van der Waals surface area contributed by atoms with Crippen LogP contribution in [-0.2, 0) is 0 Å². The number of hydrogen-bond acceptors (Lipinski definition) is 1.